The second kappa shape index (κ2) is 12.1. The van der Waals surface area contributed by atoms with Crippen LogP contribution in [-0.4, -0.2) is 121 Å². The van der Waals surface area contributed by atoms with Crippen LogP contribution in [0.1, 0.15) is 45.4 Å². The minimum absolute atomic E-state index is 0.0860. The summed E-state index contributed by atoms with van der Waals surface area (Å²) in [7, 11) is 0. The number of cyclic esters (lactones) is 1. The topological polar surface area (TPSA) is 109 Å². The number of aliphatic hydroxyl groups is 1. The van der Waals surface area contributed by atoms with Gasteiger partial charge in [-0.2, -0.15) is 0 Å². The van der Waals surface area contributed by atoms with E-state index in [9.17, 15) is 19.5 Å². The third kappa shape index (κ3) is 5.40. The van der Waals surface area contributed by atoms with Gasteiger partial charge in [0.05, 0.1) is 31.3 Å². The molecule has 0 aromatic rings. The molecular formula is C29H43N3O7. The van der Waals surface area contributed by atoms with Gasteiger partial charge in [0.2, 0.25) is 11.8 Å². The highest BCUT2D eigenvalue weighted by atomic mass is 16.6. The first-order valence-corrected chi connectivity index (χ1v) is 14.6. The molecule has 3 fully saturated rings. The number of hydrogen-bond acceptors (Lipinski definition) is 8. The van der Waals surface area contributed by atoms with Gasteiger partial charge in [0.15, 0.2) is 0 Å². The fourth-order valence-electron chi connectivity index (χ4n) is 6.94. The molecule has 1 unspecified atom stereocenters. The number of carbonyl (C=O) groups excluding carboxylic acids is 3. The maximum Gasteiger partial charge on any atom is 0.313 e. The van der Waals surface area contributed by atoms with Gasteiger partial charge in [-0.1, -0.05) is 24.3 Å². The molecule has 5 aliphatic heterocycles. The van der Waals surface area contributed by atoms with E-state index in [2.05, 4.69) is 4.90 Å². The molecule has 5 rings (SSSR count). The van der Waals surface area contributed by atoms with Crippen LogP contribution in [0.2, 0.25) is 0 Å². The third-order valence-electron chi connectivity index (χ3n) is 8.93. The number of hydrogen-bond donors (Lipinski definition) is 1. The van der Waals surface area contributed by atoms with Crippen LogP contribution in [0.25, 0.3) is 0 Å². The molecule has 5 aliphatic rings. The van der Waals surface area contributed by atoms with Gasteiger partial charge in [0.1, 0.15) is 17.6 Å². The lowest BCUT2D eigenvalue weighted by Gasteiger charge is -2.38. The Labute approximate surface area is 230 Å². The number of carbonyl (C=O) groups is 3. The van der Waals surface area contributed by atoms with E-state index in [4.69, 9.17) is 14.2 Å². The van der Waals surface area contributed by atoms with Crippen LogP contribution < -0.4 is 0 Å². The van der Waals surface area contributed by atoms with E-state index in [-0.39, 0.29) is 18.4 Å². The summed E-state index contributed by atoms with van der Waals surface area (Å²) in [5.74, 6) is -2.50. The molecule has 0 aliphatic carbocycles. The van der Waals surface area contributed by atoms with Crippen molar-refractivity contribution in [1.29, 1.82) is 0 Å². The van der Waals surface area contributed by atoms with Crippen molar-refractivity contribution < 1.29 is 33.7 Å². The molecule has 3 saturated heterocycles. The standard InChI is InChI=1S/C29H43N3O7/c1-28-10-5-2-3-8-19-38-27(36)23(28)22-25(34)32(13-6-4-7-18-33)24-26(35)31(12-9-11-29(22,24)39-28)15-14-30-16-20-37-21-17-30/h5,9-11,22-24,33H,2-4,6-8,12-21H2,1H3/b10-5-/t22-,23+,24?,28-,29-/m0/s1. The van der Waals surface area contributed by atoms with E-state index in [1.165, 1.54) is 0 Å². The zero-order valence-corrected chi connectivity index (χ0v) is 23.1. The third-order valence-corrected chi connectivity index (χ3v) is 8.93. The number of ether oxygens (including phenoxy) is 3. The van der Waals surface area contributed by atoms with E-state index in [1.807, 2.05) is 36.1 Å². The predicted molar refractivity (Wildman–Crippen MR) is 143 cm³/mol. The van der Waals surface area contributed by atoms with Gasteiger partial charge in [0.25, 0.3) is 0 Å². The molecule has 10 heteroatoms. The van der Waals surface area contributed by atoms with Gasteiger partial charge in [-0.3, -0.25) is 19.3 Å². The van der Waals surface area contributed by atoms with Crippen molar-refractivity contribution in [3.63, 3.8) is 0 Å². The molecule has 39 heavy (non-hydrogen) atoms. The highest BCUT2D eigenvalue weighted by Crippen LogP contribution is 2.57. The van der Waals surface area contributed by atoms with E-state index in [0.29, 0.717) is 52.3 Å². The Morgan fingerprint density at radius 2 is 1.74 bits per heavy atom. The first-order chi connectivity index (χ1) is 18.9. The molecule has 0 aromatic heterocycles. The SMILES string of the molecule is C[C@]12/C=C\CCCCOC(=O)[C@H]1[C@H]1C(=O)N(CCCCCO)C3C(=O)N(CCN4CCOCC4)CC=C[C@@]31O2. The van der Waals surface area contributed by atoms with Crippen LogP contribution >= 0.6 is 0 Å². The van der Waals surface area contributed by atoms with Crippen molar-refractivity contribution in [1.82, 2.24) is 14.7 Å². The van der Waals surface area contributed by atoms with E-state index in [0.717, 1.165) is 45.3 Å². The quantitative estimate of drug-likeness (QED) is 0.275. The second-order valence-corrected chi connectivity index (χ2v) is 11.5. The molecule has 216 valence electrons. The average Bonchev–Trinajstić information content (AvgIpc) is 3.26. The minimum Gasteiger partial charge on any atom is -0.465 e. The molecule has 5 heterocycles. The predicted octanol–water partition coefficient (Wildman–Crippen LogP) is 1.13. The fourth-order valence-corrected chi connectivity index (χ4v) is 6.94. The lowest BCUT2D eigenvalue weighted by Crippen LogP contribution is -2.56. The number of amides is 2. The Morgan fingerprint density at radius 1 is 0.923 bits per heavy atom. The van der Waals surface area contributed by atoms with Crippen LogP contribution in [-0.2, 0) is 28.6 Å². The molecule has 0 aromatic carbocycles. The fraction of sp³-hybridized carbons (Fsp3) is 0.759. The maximum absolute atomic E-state index is 14.3. The number of nitrogens with zero attached hydrogens (tertiary/aromatic N) is 3. The van der Waals surface area contributed by atoms with Gasteiger partial charge in [-0.25, -0.2) is 0 Å². The Bertz CT molecular complexity index is 980. The maximum atomic E-state index is 14.3. The van der Waals surface area contributed by atoms with Crippen LogP contribution in [0.15, 0.2) is 24.3 Å². The zero-order valence-electron chi connectivity index (χ0n) is 23.1. The first-order valence-electron chi connectivity index (χ1n) is 14.6. The number of unbranched alkanes of at least 4 members (excludes halogenated alkanes) is 2. The van der Waals surface area contributed by atoms with E-state index < -0.39 is 35.0 Å². The molecule has 0 radical (unpaired) electrons. The number of esters is 1. The van der Waals surface area contributed by atoms with Crippen molar-refractivity contribution in [2.45, 2.75) is 62.7 Å². The number of likely N-dealkylation sites (tertiary alicyclic amines) is 1. The van der Waals surface area contributed by atoms with Gasteiger partial charge >= 0.3 is 5.97 Å². The molecule has 2 amide bonds. The number of fused-ring (bicyclic) bond motifs is 2. The van der Waals surface area contributed by atoms with Gasteiger partial charge in [-0.05, 0) is 45.4 Å². The highest BCUT2D eigenvalue weighted by molar-refractivity contribution is 5.99. The first kappa shape index (κ1) is 28.3. The van der Waals surface area contributed by atoms with Crippen molar-refractivity contribution in [2.24, 2.45) is 11.8 Å². The molecule has 10 nitrogen and oxygen atoms in total. The van der Waals surface area contributed by atoms with Crippen LogP contribution in [0, 0.1) is 11.8 Å². The number of morpholine rings is 1. The summed E-state index contributed by atoms with van der Waals surface area (Å²) in [4.78, 5) is 47.8. The van der Waals surface area contributed by atoms with Crippen LogP contribution in [0.3, 0.4) is 0 Å². The molecule has 5 atom stereocenters. The van der Waals surface area contributed by atoms with Crippen molar-refractivity contribution >= 4 is 17.8 Å². The van der Waals surface area contributed by atoms with Crippen LogP contribution in [0.4, 0.5) is 0 Å². The molecule has 0 saturated carbocycles. The smallest absolute Gasteiger partial charge is 0.313 e. The molecule has 1 spiro atoms. The Hall–Kier alpha value is -2.27. The molecule has 0 bridgehead atoms. The lowest BCUT2D eigenvalue weighted by molar-refractivity contribution is -0.160. The lowest BCUT2D eigenvalue weighted by atomic mass is 9.74. The van der Waals surface area contributed by atoms with Crippen LogP contribution in [0.5, 0.6) is 0 Å². The summed E-state index contributed by atoms with van der Waals surface area (Å²) in [5, 5.41) is 9.25. The second-order valence-electron chi connectivity index (χ2n) is 11.5. The van der Waals surface area contributed by atoms with Gasteiger partial charge in [0, 0.05) is 45.9 Å². The summed E-state index contributed by atoms with van der Waals surface area (Å²) in [6.45, 7) is 7.35. The monoisotopic (exact) mass is 545 g/mol. The summed E-state index contributed by atoms with van der Waals surface area (Å²) >= 11 is 0. The Morgan fingerprint density at radius 3 is 2.54 bits per heavy atom. The summed E-state index contributed by atoms with van der Waals surface area (Å²) < 4.78 is 18.0. The van der Waals surface area contributed by atoms with Crippen molar-refractivity contribution in [2.75, 3.05) is 65.7 Å². The Balaban J connectivity index is 1.48. The average molecular weight is 546 g/mol. The zero-order chi connectivity index (χ0) is 27.5. The summed E-state index contributed by atoms with van der Waals surface area (Å²) in [5.41, 5.74) is -2.32. The molecular weight excluding hydrogens is 502 g/mol. The minimum atomic E-state index is -1.25. The summed E-state index contributed by atoms with van der Waals surface area (Å²) in [6, 6.07) is -0.858. The normalized spacial score (nSPS) is 36.3. The molecule has 1 N–H and O–H groups in total. The Kier molecular flexibility index (Phi) is 8.75. The number of allylic oxidation sites excluding steroid dienone is 1. The van der Waals surface area contributed by atoms with E-state index in [1.54, 1.807) is 4.90 Å². The van der Waals surface area contributed by atoms with Crippen molar-refractivity contribution in [3.8, 4) is 0 Å². The van der Waals surface area contributed by atoms with Gasteiger partial charge in [-0.15, -0.1) is 0 Å². The van der Waals surface area contributed by atoms with Gasteiger partial charge < -0.3 is 29.1 Å². The van der Waals surface area contributed by atoms with Crippen molar-refractivity contribution in [3.05, 3.63) is 24.3 Å². The number of rotatable bonds is 8. The number of aliphatic hydroxyl groups excluding tert-OH is 1. The highest BCUT2D eigenvalue weighted by Gasteiger charge is 2.74. The van der Waals surface area contributed by atoms with E-state index >= 15 is 0 Å². The summed E-state index contributed by atoms with van der Waals surface area (Å²) in [6.07, 6.45) is 12.3. The largest absolute Gasteiger partial charge is 0.465 e.